The third kappa shape index (κ3) is 3.57. The normalized spacial score (nSPS) is 19.2. The Hall–Kier alpha value is -1.35. The molecule has 1 fully saturated rings. The zero-order valence-electron chi connectivity index (χ0n) is 12.2. The van der Waals surface area contributed by atoms with Crippen molar-refractivity contribution in [1.82, 2.24) is 10.6 Å². The molecule has 1 atom stereocenters. The van der Waals surface area contributed by atoms with Crippen molar-refractivity contribution in [2.75, 3.05) is 6.54 Å². The molecule has 1 heterocycles. The van der Waals surface area contributed by atoms with Gasteiger partial charge in [-0.05, 0) is 62.4 Å². The van der Waals surface area contributed by atoms with E-state index in [4.69, 9.17) is 0 Å². The molecule has 1 unspecified atom stereocenters. The van der Waals surface area contributed by atoms with Crippen LogP contribution in [0, 0.1) is 20.8 Å². The minimum Gasteiger partial charge on any atom is -0.351 e. The summed E-state index contributed by atoms with van der Waals surface area (Å²) in [6, 6.07) is 4.37. The second kappa shape index (κ2) is 6.20. The topological polar surface area (TPSA) is 41.1 Å². The molecule has 1 aromatic carbocycles. The van der Waals surface area contributed by atoms with Crippen molar-refractivity contribution in [2.24, 2.45) is 0 Å². The molecular weight excluding hydrogens is 236 g/mol. The second-order valence-electron chi connectivity index (χ2n) is 5.58. The van der Waals surface area contributed by atoms with Gasteiger partial charge in [-0.25, -0.2) is 0 Å². The van der Waals surface area contributed by atoms with E-state index in [0.717, 1.165) is 19.4 Å². The fraction of sp³-hybridized carbons (Fsp3) is 0.562. The number of carbonyl (C=O) groups excluding carboxylic acids is 1. The molecule has 1 aliphatic heterocycles. The molecule has 0 saturated carbocycles. The van der Waals surface area contributed by atoms with Crippen LogP contribution in [0.5, 0.6) is 0 Å². The van der Waals surface area contributed by atoms with Gasteiger partial charge in [0.1, 0.15) is 0 Å². The van der Waals surface area contributed by atoms with Crippen molar-refractivity contribution in [1.29, 1.82) is 0 Å². The maximum atomic E-state index is 12.1. The highest BCUT2D eigenvalue weighted by atomic mass is 16.2. The van der Waals surface area contributed by atoms with Crippen molar-refractivity contribution < 1.29 is 4.79 Å². The summed E-state index contributed by atoms with van der Waals surface area (Å²) < 4.78 is 0. The molecule has 2 N–H and O–H groups in total. The first kappa shape index (κ1) is 14.1. The maximum absolute atomic E-state index is 12.1. The minimum absolute atomic E-state index is 0.000557. The van der Waals surface area contributed by atoms with E-state index in [9.17, 15) is 4.79 Å². The Morgan fingerprint density at radius 2 is 1.95 bits per heavy atom. The summed E-state index contributed by atoms with van der Waals surface area (Å²) in [6.07, 6.45) is 3.28. The van der Waals surface area contributed by atoms with E-state index in [1.165, 1.54) is 28.7 Å². The molecule has 1 amide bonds. The van der Waals surface area contributed by atoms with Gasteiger partial charge in [-0.3, -0.25) is 4.79 Å². The van der Waals surface area contributed by atoms with Crippen LogP contribution in [0.25, 0.3) is 0 Å². The Balaban J connectivity index is 1.94. The van der Waals surface area contributed by atoms with Crippen LogP contribution in [-0.2, 0) is 11.3 Å². The van der Waals surface area contributed by atoms with Crippen LogP contribution in [-0.4, -0.2) is 18.5 Å². The van der Waals surface area contributed by atoms with Gasteiger partial charge >= 0.3 is 0 Å². The number of carbonyl (C=O) groups is 1. The fourth-order valence-corrected chi connectivity index (χ4v) is 2.59. The zero-order chi connectivity index (χ0) is 13.8. The lowest BCUT2D eigenvalue weighted by molar-refractivity contribution is -0.123. The molecular formula is C16H24N2O. The van der Waals surface area contributed by atoms with Crippen LogP contribution in [0.3, 0.4) is 0 Å². The Bertz CT molecular complexity index is 462. The summed E-state index contributed by atoms with van der Waals surface area (Å²) >= 11 is 0. The summed E-state index contributed by atoms with van der Waals surface area (Å²) in [7, 11) is 0. The van der Waals surface area contributed by atoms with Crippen LogP contribution >= 0.6 is 0 Å². The molecule has 1 aliphatic rings. The number of piperidine rings is 1. The van der Waals surface area contributed by atoms with Gasteiger partial charge in [-0.15, -0.1) is 0 Å². The molecule has 3 heteroatoms. The summed E-state index contributed by atoms with van der Waals surface area (Å²) in [5.74, 6) is 0.136. The molecule has 0 aliphatic carbocycles. The van der Waals surface area contributed by atoms with Crippen LogP contribution in [0.2, 0.25) is 0 Å². The van der Waals surface area contributed by atoms with Crippen molar-refractivity contribution in [3.05, 3.63) is 34.4 Å². The molecule has 2 rings (SSSR count). The van der Waals surface area contributed by atoms with Crippen molar-refractivity contribution in [3.63, 3.8) is 0 Å². The molecule has 3 nitrogen and oxygen atoms in total. The third-order valence-electron chi connectivity index (χ3n) is 4.03. The Morgan fingerprint density at radius 3 is 2.63 bits per heavy atom. The van der Waals surface area contributed by atoms with Gasteiger partial charge in [0.25, 0.3) is 0 Å². The van der Waals surface area contributed by atoms with Crippen LogP contribution in [0.1, 0.15) is 41.5 Å². The van der Waals surface area contributed by atoms with Gasteiger partial charge in [0.2, 0.25) is 5.91 Å². The van der Waals surface area contributed by atoms with Crippen LogP contribution < -0.4 is 10.6 Å². The predicted molar refractivity (Wildman–Crippen MR) is 78.1 cm³/mol. The summed E-state index contributed by atoms with van der Waals surface area (Å²) in [5.41, 5.74) is 5.06. The highest BCUT2D eigenvalue weighted by Crippen LogP contribution is 2.15. The molecule has 1 aromatic rings. The average molecular weight is 260 g/mol. The Kier molecular flexibility index (Phi) is 4.59. The zero-order valence-corrected chi connectivity index (χ0v) is 12.2. The Morgan fingerprint density at radius 1 is 1.21 bits per heavy atom. The molecule has 0 spiro atoms. The standard InChI is InChI=1S/C16H24N2O/c1-11-8-13(3)14(9-12(11)2)10-18-16(19)15-6-4-5-7-17-15/h8-9,15,17H,4-7,10H2,1-3H3,(H,18,19). The summed E-state index contributed by atoms with van der Waals surface area (Å²) in [4.78, 5) is 12.1. The van der Waals surface area contributed by atoms with Crippen LogP contribution in [0.4, 0.5) is 0 Å². The van der Waals surface area contributed by atoms with E-state index in [2.05, 4.69) is 43.5 Å². The van der Waals surface area contributed by atoms with Gasteiger partial charge in [0, 0.05) is 6.54 Å². The van der Waals surface area contributed by atoms with Gasteiger partial charge in [-0.2, -0.15) is 0 Å². The molecule has 104 valence electrons. The first-order valence-electron chi connectivity index (χ1n) is 7.16. The van der Waals surface area contributed by atoms with Crippen molar-refractivity contribution >= 4 is 5.91 Å². The van der Waals surface area contributed by atoms with E-state index >= 15 is 0 Å². The second-order valence-corrected chi connectivity index (χ2v) is 5.58. The first-order chi connectivity index (χ1) is 9.08. The monoisotopic (exact) mass is 260 g/mol. The largest absolute Gasteiger partial charge is 0.351 e. The average Bonchev–Trinajstić information content (AvgIpc) is 2.42. The van der Waals surface area contributed by atoms with E-state index < -0.39 is 0 Å². The van der Waals surface area contributed by atoms with E-state index in [1.54, 1.807) is 0 Å². The number of hydrogen-bond donors (Lipinski definition) is 2. The lowest BCUT2D eigenvalue weighted by Crippen LogP contribution is -2.46. The molecule has 19 heavy (non-hydrogen) atoms. The highest BCUT2D eigenvalue weighted by Gasteiger charge is 2.20. The van der Waals surface area contributed by atoms with Gasteiger partial charge in [0.15, 0.2) is 0 Å². The Labute approximate surface area is 115 Å². The van der Waals surface area contributed by atoms with E-state index in [1.807, 2.05) is 0 Å². The molecule has 0 aromatic heterocycles. The van der Waals surface area contributed by atoms with Crippen LogP contribution in [0.15, 0.2) is 12.1 Å². The SMILES string of the molecule is Cc1cc(C)c(CNC(=O)C2CCCCN2)cc1C. The smallest absolute Gasteiger partial charge is 0.237 e. The number of hydrogen-bond acceptors (Lipinski definition) is 2. The van der Waals surface area contributed by atoms with E-state index in [-0.39, 0.29) is 11.9 Å². The highest BCUT2D eigenvalue weighted by molar-refractivity contribution is 5.81. The minimum atomic E-state index is 0.000557. The van der Waals surface area contributed by atoms with Gasteiger partial charge in [-0.1, -0.05) is 18.6 Å². The lowest BCUT2D eigenvalue weighted by Gasteiger charge is -2.22. The van der Waals surface area contributed by atoms with Crippen molar-refractivity contribution in [3.8, 4) is 0 Å². The number of nitrogens with one attached hydrogen (secondary N) is 2. The quantitative estimate of drug-likeness (QED) is 0.876. The molecule has 0 radical (unpaired) electrons. The predicted octanol–water partition coefficient (Wildman–Crippen LogP) is 2.37. The fourth-order valence-electron chi connectivity index (χ4n) is 2.59. The van der Waals surface area contributed by atoms with Gasteiger partial charge < -0.3 is 10.6 Å². The number of benzene rings is 1. The molecule has 0 bridgehead atoms. The van der Waals surface area contributed by atoms with E-state index in [0.29, 0.717) is 6.54 Å². The molecule has 1 saturated heterocycles. The van der Waals surface area contributed by atoms with Gasteiger partial charge in [0.05, 0.1) is 6.04 Å². The lowest BCUT2D eigenvalue weighted by atomic mass is 10.0. The maximum Gasteiger partial charge on any atom is 0.237 e. The van der Waals surface area contributed by atoms with Crippen molar-refractivity contribution in [2.45, 2.75) is 52.6 Å². The number of aryl methyl sites for hydroxylation is 3. The summed E-state index contributed by atoms with van der Waals surface area (Å²) in [5, 5.41) is 6.33. The number of amides is 1. The number of rotatable bonds is 3. The summed E-state index contributed by atoms with van der Waals surface area (Å²) in [6.45, 7) is 7.93. The first-order valence-corrected chi connectivity index (χ1v) is 7.16. The third-order valence-corrected chi connectivity index (χ3v) is 4.03.